The van der Waals surface area contributed by atoms with E-state index in [2.05, 4.69) is 16.7 Å². The van der Waals surface area contributed by atoms with E-state index in [1.807, 2.05) is 26.0 Å². The fourth-order valence-corrected chi connectivity index (χ4v) is 3.19. The molecular weight excluding hydrogens is 304 g/mol. The van der Waals surface area contributed by atoms with Crippen molar-refractivity contribution in [3.05, 3.63) is 29.3 Å². The van der Waals surface area contributed by atoms with Crippen molar-refractivity contribution < 1.29 is 14.7 Å². The van der Waals surface area contributed by atoms with Crippen LogP contribution in [0.2, 0.25) is 0 Å². The average molecular weight is 332 g/mol. The second kappa shape index (κ2) is 7.79. The van der Waals surface area contributed by atoms with Crippen LogP contribution in [0.5, 0.6) is 0 Å². The third-order valence-electron chi connectivity index (χ3n) is 4.28. The van der Waals surface area contributed by atoms with Crippen molar-refractivity contribution in [2.24, 2.45) is 5.41 Å². The molecule has 0 bridgehead atoms. The van der Waals surface area contributed by atoms with E-state index in [-0.39, 0.29) is 23.3 Å². The number of carbonyl (C=O) groups excluding carboxylic acids is 2. The molecule has 0 spiro atoms. The molecule has 5 nitrogen and oxygen atoms in total. The molecule has 1 aromatic rings. The van der Waals surface area contributed by atoms with Crippen LogP contribution in [0.25, 0.3) is 0 Å². The van der Waals surface area contributed by atoms with Gasteiger partial charge in [-0.05, 0) is 48.8 Å². The Morgan fingerprint density at radius 2 is 2.17 bits per heavy atom. The molecule has 132 valence electrons. The Balaban J connectivity index is 1.71. The lowest BCUT2D eigenvalue weighted by molar-refractivity contribution is -0.121. The van der Waals surface area contributed by atoms with Crippen LogP contribution >= 0.6 is 0 Å². The van der Waals surface area contributed by atoms with E-state index in [0.717, 1.165) is 29.7 Å². The Morgan fingerprint density at radius 3 is 2.88 bits per heavy atom. The molecule has 1 aliphatic heterocycles. The predicted molar refractivity (Wildman–Crippen MR) is 94.8 cm³/mol. The second-order valence-electron chi connectivity index (χ2n) is 7.56. The maximum absolute atomic E-state index is 12.0. The molecule has 5 heteroatoms. The SMILES string of the molecule is CC(O)CC(C)(C)CNC(=O)CCCc1ccc2c(c1)CC(=O)N2. The van der Waals surface area contributed by atoms with Gasteiger partial charge in [0.05, 0.1) is 12.5 Å². The molecule has 24 heavy (non-hydrogen) atoms. The molecule has 1 unspecified atom stereocenters. The lowest BCUT2D eigenvalue weighted by Crippen LogP contribution is -2.35. The molecule has 0 saturated carbocycles. The first kappa shape index (κ1) is 18.5. The van der Waals surface area contributed by atoms with Gasteiger partial charge in [0, 0.05) is 18.7 Å². The molecule has 3 N–H and O–H groups in total. The fourth-order valence-electron chi connectivity index (χ4n) is 3.19. The number of hydrogen-bond donors (Lipinski definition) is 3. The Kier molecular flexibility index (Phi) is 5.99. The molecule has 0 radical (unpaired) electrons. The molecule has 1 atom stereocenters. The fraction of sp³-hybridized carbons (Fsp3) is 0.579. The van der Waals surface area contributed by atoms with Crippen LogP contribution in [0.15, 0.2) is 18.2 Å². The summed E-state index contributed by atoms with van der Waals surface area (Å²) in [6.07, 6.45) is 2.84. The quantitative estimate of drug-likeness (QED) is 0.684. The van der Waals surface area contributed by atoms with Crippen LogP contribution < -0.4 is 10.6 Å². The number of benzene rings is 1. The molecule has 1 aliphatic rings. The van der Waals surface area contributed by atoms with Crippen LogP contribution in [0.1, 0.15) is 51.2 Å². The number of fused-ring (bicyclic) bond motifs is 1. The number of aryl methyl sites for hydroxylation is 1. The Bertz CT molecular complexity index is 609. The first-order valence-electron chi connectivity index (χ1n) is 8.61. The first-order chi connectivity index (χ1) is 11.2. The smallest absolute Gasteiger partial charge is 0.228 e. The van der Waals surface area contributed by atoms with Crippen molar-refractivity contribution in [2.45, 2.75) is 59.0 Å². The largest absolute Gasteiger partial charge is 0.393 e. The van der Waals surface area contributed by atoms with Gasteiger partial charge in [0.1, 0.15) is 0 Å². The van der Waals surface area contributed by atoms with Crippen LogP contribution in [0.3, 0.4) is 0 Å². The van der Waals surface area contributed by atoms with Gasteiger partial charge in [-0.3, -0.25) is 9.59 Å². The minimum atomic E-state index is -0.363. The van der Waals surface area contributed by atoms with Crippen molar-refractivity contribution in [1.82, 2.24) is 5.32 Å². The summed E-state index contributed by atoms with van der Waals surface area (Å²) < 4.78 is 0. The lowest BCUT2D eigenvalue weighted by Gasteiger charge is -2.26. The first-order valence-corrected chi connectivity index (χ1v) is 8.61. The van der Waals surface area contributed by atoms with E-state index in [0.29, 0.717) is 25.8 Å². The van der Waals surface area contributed by atoms with Gasteiger partial charge in [0.2, 0.25) is 11.8 Å². The zero-order chi connectivity index (χ0) is 17.7. The molecule has 1 aromatic carbocycles. The third-order valence-corrected chi connectivity index (χ3v) is 4.28. The standard InChI is InChI=1S/C19H28N2O3/c1-13(22)11-19(2,3)12-20-17(23)6-4-5-14-7-8-16-15(9-14)10-18(24)21-16/h7-9,13,22H,4-6,10-12H2,1-3H3,(H,20,23)(H,21,24). The number of rotatable bonds is 8. The van der Waals surface area contributed by atoms with Gasteiger partial charge in [-0.25, -0.2) is 0 Å². The topological polar surface area (TPSA) is 78.4 Å². The summed E-state index contributed by atoms with van der Waals surface area (Å²) in [7, 11) is 0. The van der Waals surface area contributed by atoms with E-state index in [1.54, 1.807) is 6.92 Å². The molecule has 0 fully saturated rings. The van der Waals surface area contributed by atoms with E-state index in [9.17, 15) is 14.7 Å². The number of nitrogens with one attached hydrogen (secondary N) is 2. The van der Waals surface area contributed by atoms with Crippen molar-refractivity contribution in [3.8, 4) is 0 Å². The highest BCUT2D eigenvalue weighted by Gasteiger charge is 2.21. The number of aliphatic hydroxyl groups excluding tert-OH is 1. The van der Waals surface area contributed by atoms with E-state index >= 15 is 0 Å². The summed E-state index contributed by atoms with van der Waals surface area (Å²) in [6.45, 7) is 6.42. The minimum absolute atomic E-state index is 0.0429. The Hall–Kier alpha value is -1.88. The highest BCUT2D eigenvalue weighted by molar-refractivity contribution is 5.99. The van der Waals surface area contributed by atoms with Crippen LogP contribution in [0, 0.1) is 5.41 Å². The number of carbonyl (C=O) groups is 2. The average Bonchev–Trinajstić information content (AvgIpc) is 2.83. The summed E-state index contributed by atoms with van der Waals surface area (Å²) >= 11 is 0. The molecule has 1 heterocycles. The number of aliphatic hydroxyl groups is 1. The summed E-state index contributed by atoms with van der Waals surface area (Å²) in [4.78, 5) is 23.3. The maximum Gasteiger partial charge on any atom is 0.228 e. The Morgan fingerprint density at radius 1 is 1.42 bits per heavy atom. The Labute approximate surface area is 143 Å². The number of anilines is 1. The van der Waals surface area contributed by atoms with Crippen LogP contribution in [0.4, 0.5) is 5.69 Å². The van der Waals surface area contributed by atoms with Crippen molar-refractivity contribution in [1.29, 1.82) is 0 Å². The summed E-state index contributed by atoms with van der Waals surface area (Å²) in [5.74, 6) is 0.0908. The molecule has 2 rings (SSSR count). The zero-order valence-corrected chi connectivity index (χ0v) is 14.8. The van der Waals surface area contributed by atoms with Crippen molar-refractivity contribution in [2.75, 3.05) is 11.9 Å². The van der Waals surface area contributed by atoms with Gasteiger partial charge in [0.25, 0.3) is 0 Å². The summed E-state index contributed by atoms with van der Waals surface area (Å²) in [5.41, 5.74) is 3.00. The van der Waals surface area contributed by atoms with E-state index in [4.69, 9.17) is 0 Å². The lowest BCUT2D eigenvalue weighted by atomic mass is 9.87. The summed E-state index contributed by atoms with van der Waals surface area (Å²) in [5, 5.41) is 15.2. The van der Waals surface area contributed by atoms with Gasteiger partial charge in [-0.1, -0.05) is 26.0 Å². The normalized spacial score (nSPS) is 14.9. The minimum Gasteiger partial charge on any atom is -0.393 e. The van der Waals surface area contributed by atoms with Crippen molar-refractivity contribution in [3.63, 3.8) is 0 Å². The molecule has 0 aliphatic carbocycles. The zero-order valence-electron chi connectivity index (χ0n) is 14.8. The van der Waals surface area contributed by atoms with Gasteiger partial charge in [-0.15, -0.1) is 0 Å². The van der Waals surface area contributed by atoms with Gasteiger partial charge < -0.3 is 15.7 Å². The van der Waals surface area contributed by atoms with Gasteiger partial charge in [0.15, 0.2) is 0 Å². The van der Waals surface area contributed by atoms with Gasteiger partial charge in [-0.2, -0.15) is 0 Å². The molecule has 0 saturated heterocycles. The maximum atomic E-state index is 12.0. The molecular formula is C19H28N2O3. The van der Waals surface area contributed by atoms with Crippen LogP contribution in [-0.2, 0) is 22.4 Å². The highest BCUT2D eigenvalue weighted by Crippen LogP contribution is 2.24. The van der Waals surface area contributed by atoms with Crippen LogP contribution in [-0.4, -0.2) is 29.6 Å². The van der Waals surface area contributed by atoms with Crippen molar-refractivity contribution >= 4 is 17.5 Å². The summed E-state index contributed by atoms with van der Waals surface area (Å²) in [6, 6.07) is 6.00. The monoisotopic (exact) mass is 332 g/mol. The second-order valence-corrected chi connectivity index (χ2v) is 7.56. The van der Waals surface area contributed by atoms with E-state index < -0.39 is 0 Å². The van der Waals surface area contributed by atoms with E-state index in [1.165, 1.54) is 0 Å². The number of amides is 2. The predicted octanol–water partition coefficient (Wildman–Crippen LogP) is 2.42. The molecule has 2 amide bonds. The van der Waals surface area contributed by atoms with Gasteiger partial charge >= 0.3 is 0 Å². The highest BCUT2D eigenvalue weighted by atomic mass is 16.3. The third kappa shape index (κ3) is 5.64. The molecule has 0 aromatic heterocycles. The number of hydrogen-bond acceptors (Lipinski definition) is 3.